The predicted molar refractivity (Wildman–Crippen MR) is 78.9 cm³/mol. The molecule has 6 nitrogen and oxygen atoms in total. The summed E-state index contributed by atoms with van der Waals surface area (Å²) in [7, 11) is 5.17. The van der Waals surface area contributed by atoms with E-state index in [-0.39, 0.29) is 0 Å². The number of methoxy groups -OCH3 is 2. The highest BCUT2D eigenvalue weighted by Gasteiger charge is 2.15. The van der Waals surface area contributed by atoms with Crippen LogP contribution in [0.15, 0.2) is 22.7 Å². The Morgan fingerprint density at radius 2 is 1.90 bits per heavy atom. The molecule has 0 spiro atoms. The number of aromatic nitrogens is 2. The fourth-order valence-electron chi connectivity index (χ4n) is 2.07. The largest absolute Gasteiger partial charge is 0.496 e. The fourth-order valence-corrected chi connectivity index (χ4v) is 2.07. The van der Waals surface area contributed by atoms with Crippen molar-refractivity contribution >= 4 is 0 Å². The molecule has 0 aliphatic carbocycles. The Balaban J connectivity index is 2.18. The number of benzene rings is 1. The van der Waals surface area contributed by atoms with Gasteiger partial charge in [-0.05, 0) is 26.1 Å². The lowest BCUT2D eigenvalue weighted by Gasteiger charge is -2.11. The third kappa shape index (κ3) is 3.72. The van der Waals surface area contributed by atoms with Crippen molar-refractivity contribution in [3.8, 4) is 11.5 Å². The minimum atomic E-state index is 0.302. The molecule has 21 heavy (non-hydrogen) atoms. The van der Waals surface area contributed by atoms with Gasteiger partial charge in [0.2, 0.25) is 5.89 Å². The summed E-state index contributed by atoms with van der Waals surface area (Å²) in [6.07, 6.45) is 1.21. The molecule has 1 aromatic carbocycles. The maximum Gasteiger partial charge on any atom is 0.231 e. The quantitative estimate of drug-likeness (QED) is 0.839. The Morgan fingerprint density at radius 3 is 2.48 bits per heavy atom. The van der Waals surface area contributed by atoms with E-state index in [4.69, 9.17) is 14.0 Å². The van der Waals surface area contributed by atoms with Gasteiger partial charge in [-0.15, -0.1) is 0 Å². The van der Waals surface area contributed by atoms with Crippen molar-refractivity contribution in [2.45, 2.75) is 25.8 Å². The third-order valence-corrected chi connectivity index (χ3v) is 3.35. The van der Waals surface area contributed by atoms with Crippen LogP contribution in [0.25, 0.3) is 0 Å². The fraction of sp³-hybridized carbons (Fsp3) is 0.467. The summed E-state index contributed by atoms with van der Waals surface area (Å²) in [5.74, 6) is 2.74. The lowest BCUT2D eigenvalue weighted by Crippen LogP contribution is -2.24. The van der Waals surface area contributed by atoms with Crippen molar-refractivity contribution in [3.63, 3.8) is 0 Å². The summed E-state index contributed by atoms with van der Waals surface area (Å²) in [6, 6.07) is 5.96. The Morgan fingerprint density at radius 1 is 1.24 bits per heavy atom. The molecule has 1 aromatic heterocycles. The minimum Gasteiger partial charge on any atom is -0.496 e. The van der Waals surface area contributed by atoms with Crippen LogP contribution in [-0.4, -0.2) is 37.4 Å². The van der Waals surface area contributed by atoms with E-state index in [1.807, 2.05) is 25.2 Å². The first-order chi connectivity index (χ1) is 10.2. The van der Waals surface area contributed by atoms with E-state index < -0.39 is 0 Å². The summed E-state index contributed by atoms with van der Waals surface area (Å²) < 4.78 is 16.1. The van der Waals surface area contributed by atoms with Gasteiger partial charge in [-0.3, -0.25) is 0 Å². The number of ether oxygens (including phenoxy) is 2. The van der Waals surface area contributed by atoms with Crippen molar-refractivity contribution in [1.82, 2.24) is 15.5 Å². The molecule has 1 atom stereocenters. The lowest BCUT2D eigenvalue weighted by atomic mass is 10.1. The highest BCUT2D eigenvalue weighted by atomic mass is 16.5. The number of hydrogen-bond donors (Lipinski definition) is 1. The minimum absolute atomic E-state index is 0.302. The van der Waals surface area contributed by atoms with Gasteiger partial charge in [0.05, 0.1) is 20.6 Å². The molecular formula is C15H21N3O3. The maximum atomic E-state index is 5.37. The molecule has 1 N–H and O–H groups in total. The standard InChI is InChI=1S/C15H21N3O3/c1-10(16-2)8-14-17-15(21-18-14)9-11-12(19-3)6-5-7-13(11)20-4/h5-7,10,16H,8-9H2,1-4H3. The van der Waals surface area contributed by atoms with Crippen LogP contribution in [0.2, 0.25) is 0 Å². The van der Waals surface area contributed by atoms with Crippen LogP contribution in [0, 0.1) is 0 Å². The van der Waals surface area contributed by atoms with Crippen molar-refractivity contribution in [2.24, 2.45) is 0 Å². The van der Waals surface area contributed by atoms with Crippen molar-refractivity contribution in [1.29, 1.82) is 0 Å². The molecule has 114 valence electrons. The van der Waals surface area contributed by atoms with Crippen molar-refractivity contribution in [3.05, 3.63) is 35.5 Å². The summed E-state index contributed by atoms with van der Waals surface area (Å²) in [5, 5.41) is 7.15. The number of nitrogens with zero attached hydrogens (tertiary/aromatic N) is 2. The first kappa shape index (κ1) is 15.3. The van der Waals surface area contributed by atoms with Crippen LogP contribution in [0.3, 0.4) is 0 Å². The molecule has 1 heterocycles. The molecule has 0 amide bonds. The van der Waals surface area contributed by atoms with E-state index in [1.165, 1.54) is 0 Å². The molecule has 2 aromatic rings. The normalized spacial score (nSPS) is 12.2. The van der Waals surface area contributed by atoms with Crippen LogP contribution in [-0.2, 0) is 12.8 Å². The second-order valence-electron chi connectivity index (χ2n) is 4.82. The maximum absolute atomic E-state index is 5.37. The number of rotatable bonds is 7. The van der Waals surface area contributed by atoms with E-state index in [2.05, 4.69) is 22.4 Å². The van der Waals surface area contributed by atoms with Gasteiger partial charge in [0, 0.05) is 18.0 Å². The molecule has 0 saturated heterocycles. The van der Waals surface area contributed by atoms with Crippen LogP contribution in [0.4, 0.5) is 0 Å². The zero-order valence-electron chi connectivity index (χ0n) is 12.8. The van der Waals surface area contributed by atoms with Gasteiger partial charge in [0.15, 0.2) is 5.82 Å². The van der Waals surface area contributed by atoms with Gasteiger partial charge in [0.1, 0.15) is 11.5 Å². The Hall–Kier alpha value is -2.08. The molecule has 0 saturated carbocycles. The zero-order chi connectivity index (χ0) is 15.2. The summed E-state index contributed by atoms with van der Waals surface area (Å²) in [4.78, 5) is 4.42. The van der Waals surface area contributed by atoms with Crippen molar-refractivity contribution in [2.75, 3.05) is 21.3 Å². The predicted octanol–water partition coefficient (Wildman–Crippen LogP) is 1.83. The summed E-state index contributed by atoms with van der Waals surface area (Å²) >= 11 is 0. The second kappa shape index (κ2) is 7.08. The van der Waals surface area contributed by atoms with E-state index in [0.29, 0.717) is 24.2 Å². The molecule has 0 fully saturated rings. The molecule has 2 rings (SSSR count). The molecule has 0 radical (unpaired) electrons. The van der Waals surface area contributed by atoms with E-state index in [9.17, 15) is 0 Å². The first-order valence-electron chi connectivity index (χ1n) is 6.86. The van der Waals surface area contributed by atoms with Crippen molar-refractivity contribution < 1.29 is 14.0 Å². The SMILES string of the molecule is CNC(C)Cc1noc(Cc2c(OC)cccc2OC)n1. The van der Waals surface area contributed by atoms with Gasteiger partial charge >= 0.3 is 0 Å². The van der Waals surface area contributed by atoms with Crippen LogP contribution in [0.1, 0.15) is 24.2 Å². The molecule has 0 aliphatic rings. The van der Waals surface area contributed by atoms with Gasteiger partial charge in [-0.2, -0.15) is 4.98 Å². The molecule has 0 bridgehead atoms. The van der Waals surface area contributed by atoms with Crippen LogP contribution in [0.5, 0.6) is 11.5 Å². The molecule has 6 heteroatoms. The average molecular weight is 291 g/mol. The number of likely N-dealkylation sites (N-methyl/N-ethyl adjacent to an activating group) is 1. The molecular weight excluding hydrogens is 270 g/mol. The monoisotopic (exact) mass is 291 g/mol. The van der Waals surface area contributed by atoms with Crippen LogP contribution < -0.4 is 14.8 Å². The van der Waals surface area contributed by atoms with E-state index in [0.717, 1.165) is 23.5 Å². The Bertz CT molecular complexity index is 561. The van der Waals surface area contributed by atoms with Crippen LogP contribution >= 0.6 is 0 Å². The molecule has 1 unspecified atom stereocenters. The average Bonchev–Trinajstić information content (AvgIpc) is 2.94. The smallest absolute Gasteiger partial charge is 0.231 e. The van der Waals surface area contributed by atoms with Gasteiger partial charge < -0.3 is 19.3 Å². The topological polar surface area (TPSA) is 69.4 Å². The lowest BCUT2D eigenvalue weighted by molar-refractivity contribution is 0.363. The van der Waals surface area contributed by atoms with Gasteiger partial charge in [-0.1, -0.05) is 11.2 Å². The van der Waals surface area contributed by atoms with Gasteiger partial charge in [-0.25, -0.2) is 0 Å². The highest BCUT2D eigenvalue weighted by Crippen LogP contribution is 2.30. The van der Waals surface area contributed by atoms with Gasteiger partial charge in [0.25, 0.3) is 0 Å². The molecule has 0 aliphatic heterocycles. The third-order valence-electron chi connectivity index (χ3n) is 3.35. The zero-order valence-corrected chi connectivity index (χ0v) is 12.8. The number of hydrogen-bond acceptors (Lipinski definition) is 6. The Labute approximate surface area is 124 Å². The highest BCUT2D eigenvalue weighted by molar-refractivity contribution is 5.46. The second-order valence-corrected chi connectivity index (χ2v) is 4.82. The Kier molecular flexibility index (Phi) is 5.16. The van der Waals surface area contributed by atoms with E-state index >= 15 is 0 Å². The first-order valence-corrected chi connectivity index (χ1v) is 6.86. The summed E-state index contributed by atoms with van der Waals surface area (Å²) in [5.41, 5.74) is 0.902. The summed E-state index contributed by atoms with van der Waals surface area (Å²) in [6.45, 7) is 2.07. The van der Waals surface area contributed by atoms with E-state index in [1.54, 1.807) is 14.2 Å². The number of nitrogens with one attached hydrogen (secondary N) is 1.